The van der Waals surface area contributed by atoms with E-state index in [1.807, 2.05) is 0 Å². The molecule has 0 bridgehead atoms. The van der Waals surface area contributed by atoms with Gasteiger partial charge in [0.1, 0.15) is 50.8 Å². The molecule has 16 nitrogen and oxygen atoms in total. The van der Waals surface area contributed by atoms with Crippen LogP contribution in [0.4, 0.5) is 0 Å². The predicted octanol–water partition coefficient (Wildman–Crippen LogP) is 19.0. The number of aliphatic hydroxyl groups is 4. The number of nitrogens with zero attached hydrogens (tertiary/aromatic N) is 4. The van der Waals surface area contributed by atoms with Gasteiger partial charge in [0.25, 0.3) is 0 Å². The molecule has 0 aromatic heterocycles. The summed E-state index contributed by atoms with van der Waals surface area (Å²) in [5.74, 6) is 2.08. The third-order valence-corrected chi connectivity index (χ3v) is 21.7. The summed E-state index contributed by atoms with van der Waals surface area (Å²) in [6.45, 7) is 23.3. The summed E-state index contributed by atoms with van der Waals surface area (Å²) in [6, 6.07) is 0. The molecule has 4 unspecified atom stereocenters. The summed E-state index contributed by atoms with van der Waals surface area (Å²) in [4.78, 5) is 61.0. The van der Waals surface area contributed by atoms with Crippen molar-refractivity contribution >= 4 is 23.9 Å². The number of ether oxygens (including phenoxy) is 4. The number of hydrogen-bond acceptors (Lipinski definition) is 16. The van der Waals surface area contributed by atoms with E-state index in [1.165, 1.54) is 205 Å². The van der Waals surface area contributed by atoms with Crippen LogP contribution in [0.5, 0.6) is 0 Å². The van der Waals surface area contributed by atoms with Crippen molar-refractivity contribution in [3.63, 3.8) is 0 Å². The van der Waals surface area contributed by atoms with E-state index in [0.717, 1.165) is 101 Å². The number of hydrogen-bond donors (Lipinski definition) is 4. The number of carbonyl (C=O) groups excluding carboxylic acids is 4. The van der Waals surface area contributed by atoms with Gasteiger partial charge in [0, 0.05) is 78.0 Å². The number of esters is 4. The number of carbonyl (C=O) groups is 4. The number of unbranched alkanes of at least 4 members (excludes halogenated alkanes) is 20. The van der Waals surface area contributed by atoms with E-state index >= 15 is 0 Å². The van der Waals surface area contributed by atoms with Gasteiger partial charge in [-0.3, -0.25) is 38.8 Å². The first kappa shape index (κ1) is 97.6. The molecule has 0 amide bonds. The Balaban J connectivity index is 3.24. The van der Waals surface area contributed by atoms with Gasteiger partial charge in [0.05, 0.1) is 0 Å². The van der Waals surface area contributed by atoms with E-state index < -0.39 is 24.4 Å². The van der Waals surface area contributed by atoms with Gasteiger partial charge >= 0.3 is 23.9 Å². The monoisotopic (exact) mass is 1450 g/mol. The summed E-state index contributed by atoms with van der Waals surface area (Å²) in [5.41, 5.74) is 0. The Hall–Kier alpha value is -2.44. The highest BCUT2D eigenvalue weighted by molar-refractivity contribution is 5.70. The van der Waals surface area contributed by atoms with E-state index in [0.29, 0.717) is 90.9 Å². The molecule has 0 aromatic rings. The minimum Gasteiger partial charge on any atom is -0.463 e. The molecule has 4 atom stereocenters. The summed E-state index contributed by atoms with van der Waals surface area (Å²) in [5, 5.41) is 46.1. The zero-order chi connectivity index (χ0) is 74.7. The molecular formula is C86H168N4O12. The van der Waals surface area contributed by atoms with Gasteiger partial charge in [0.2, 0.25) is 0 Å². The van der Waals surface area contributed by atoms with E-state index in [1.54, 1.807) is 0 Å². The Kier molecular flexibility index (Phi) is 67.2. The van der Waals surface area contributed by atoms with Crippen molar-refractivity contribution in [2.45, 2.75) is 401 Å². The van der Waals surface area contributed by atoms with Crippen LogP contribution in [0.2, 0.25) is 0 Å². The van der Waals surface area contributed by atoms with Crippen molar-refractivity contribution in [3.05, 3.63) is 0 Å². The molecule has 1 fully saturated rings. The van der Waals surface area contributed by atoms with Crippen molar-refractivity contribution < 1.29 is 58.6 Å². The molecule has 0 spiro atoms. The van der Waals surface area contributed by atoms with E-state index in [9.17, 15) is 39.6 Å². The maximum Gasteiger partial charge on any atom is 0.305 e. The quantitative estimate of drug-likeness (QED) is 0.0254. The second-order valence-electron chi connectivity index (χ2n) is 31.7. The largest absolute Gasteiger partial charge is 0.463 e. The van der Waals surface area contributed by atoms with Crippen LogP contribution < -0.4 is 0 Å². The lowest BCUT2D eigenvalue weighted by molar-refractivity contribution is -0.148. The third-order valence-electron chi connectivity index (χ3n) is 21.7. The Morgan fingerprint density at radius 2 is 0.412 bits per heavy atom. The summed E-state index contributed by atoms with van der Waals surface area (Å²) in [7, 11) is 0. The minimum atomic E-state index is -0.924. The van der Waals surface area contributed by atoms with Crippen molar-refractivity contribution in [1.29, 1.82) is 0 Å². The van der Waals surface area contributed by atoms with Gasteiger partial charge in [-0.1, -0.05) is 312 Å². The average Bonchev–Trinajstić information content (AvgIpc) is 1.11. The van der Waals surface area contributed by atoms with E-state index in [4.69, 9.17) is 18.9 Å². The zero-order valence-electron chi connectivity index (χ0n) is 68.1. The van der Waals surface area contributed by atoms with Crippen LogP contribution in [0.25, 0.3) is 0 Å². The second kappa shape index (κ2) is 70.2. The third kappa shape index (κ3) is 59.6. The van der Waals surface area contributed by atoms with Crippen molar-refractivity contribution in [2.24, 2.45) is 23.7 Å². The molecule has 1 heterocycles. The number of aliphatic hydroxyl groups excluding tert-OH is 4. The molecule has 1 saturated heterocycles. The molecule has 0 aliphatic carbocycles. The Bertz CT molecular complexity index is 1600. The van der Waals surface area contributed by atoms with Crippen LogP contribution in [0, 0.1) is 23.7 Å². The molecule has 102 heavy (non-hydrogen) atoms. The summed E-state index contributed by atoms with van der Waals surface area (Å²) < 4.78 is 22.8. The topological polar surface area (TPSA) is 199 Å². The van der Waals surface area contributed by atoms with Crippen LogP contribution in [0.1, 0.15) is 376 Å². The molecule has 1 rings (SSSR count). The molecule has 0 saturated carbocycles. The standard InChI is InChI=1S/C86H168N4O12/c1-9-17-43-75(44-18-10-2)51-33-25-29-37-55-83(95)99-71-79(91)67-87-59-41-60-89(69-81(93)73-101-85(97)57-39-31-27-35-53-77(47-21-13-5)48-22-14-6)65-66-90(70-82(94)74-102-86(98)58-40-32-28-36-54-78(49-23-15-7)50-24-16-8)62-42-61-88(64-63-87)68-80(92)72-100-84(96)56-38-30-26-34-52-76(45-19-11-3)46-20-12-4/h75-82,91-94H,9-74H2,1-8H3. The normalized spacial score (nSPS) is 15.7. The smallest absolute Gasteiger partial charge is 0.305 e. The number of β-amino-alcohol motifs (C(OH)–C–C–N with tert-alkyl or cyclic N) is 4. The van der Waals surface area contributed by atoms with Crippen LogP contribution >= 0.6 is 0 Å². The Labute approximate surface area is 628 Å². The molecule has 0 aromatic carbocycles. The summed E-state index contributed by atoms with van der Waals surface area (Å²) in [6.07, 6.45) is 51.1. The van der Waals surface area contributed by atoms with Crippen molar-refractivity contribution in [3.8, 4) is 0 Å². The highest BCUT2D eigenvalue weighted by Gasteiger charge is 2.24. The zero-order valence-corrected chi connectivity index (χ0v) is 68.1. The van der Waals surface area contributed by atoms with Gasteiger partial charge in [0.15, 0.2) is 0 Å². The lowest BCUT2D eigenvalue weighted by Gasteiger charge is -2.34. The van der Waals surface area contributed by atoms with Gasteiger partial charge in [-0.15, -0.1) is 0 Å². The first-order valence-electron chi connectivity index (χ1n) is 43.9. The maximum absolute atomic E-state index is 13.1. The second-order valence-corrected chi connectivity index (χ2v) is 31.7. The Morgan fingerprint density at radius 3 is 0.588 bits per heavy atom. The van der Waals surface area contributed by atoms with Gasteiger partial charge in [-0.25, -0.2) is 0 Å². The van der Waals surface area contributed by atoms with Crippen LogP contribution in [-0.4, -0.2) is 193 Å². The maximum atomic E-state index is 13.1. The molecule has 1 aliphatic heterocycles. The fraction of sp³-hybridized carbons (Fsp3) is 0.953. The van der Waals surface area contributed by atoms with Gasteiger partial charge in [-0.05, 0) is 88.4 Å². The average molecular weight is 1450 g/mol. The van der Waals surface area contributed by atoms with Crippen molar-refractivity contribution in [2.75, 3.05) is 105 Å². The van der Waals surface area contributed by atoms with Crippen LogP contribution in [-0.2, 0) is 38.1 Å². The lowest BCUT2D eigenvalue weighted by Crippen LogP contribution is -2.47. The molecular weight excluding hydrogens is 1280 g/mol. The fourth-order valence-corrected chi connectivity index (χ4v) is 15.1. The molecule has 1 aliphatic rings. The highest BCUT2D eigenvalue weighted by atomic mass is 16.6. The first-order valence-corrected chi connectivity index (χ1v) is 43.9. The summed E-state index contributed by atoms with van der Waals surface area (Å²) >= 11 is 0. The predicted molar refractivity (Wildman–Crippen MR) is 424 cm³/mol. The van der Waals surface area contributed by atoms with E-state index in [2.05, 4.69) is 75.0 Å². The molecule has 4 N–H and O–H groups in total. The first-order chi connectivity index (χ1) is 49.6. The van der Waals surface area contributed by atoms with Crippen LogP contribution in [0.3, 0.4) is 0 Å². The van der Waals surface area contributed by atoms with Crippen molar-refractivity contribution in [1.82, 2.24) is 19.6 Å². The lowest BCUT2D eigenvalue weighted by atomic mass is 9.90. The van der Waals surface area contributed by atoms with Crippen LogP contribution in [0.15, 0.2) is 0 Å². The molecule has 0 radical (unpaired) electrons. The highest BCUT2D eigenvalue weighted by Crippen LogP contribution is 2.27. The van der Waals surface area contributed by atoms with E-state index in [-0.39, 0.29) is 76.5 Å². The van der Waals surface area contributed by atoms with Gasteiger partial charge in [-0.2, -0.15) is 0 Å². The van der Waals surface area contributed by atoms with Gasteiger partial charge < -0.3 is 39.4 Å². The fourth-order valence-electron chi connectivity index (χ4n) is 15.1. The Morgan fingerprint density at radius 1 is 0.245 bits per heavy atom. The number of rotatable bonds is 68. The SMILES string of the molecule is CCCCC(CCCC)CCCCCCC(=O)OCC(O)CN1CCCN(CC(O)COC(=O)CCCCCCC(CCCC)CCCC)CCN(CC(O)COC(=O)CCCCCCC(CCCC)CCCC)CCCN(CC(O)COC(=O)CCCCCCC(CCCC)CCCC)CC1. The molecule has 16 heteroatoms. The molecule has 604 valence electrons. The minimum absolute atomic E-state index is 0.103.